The minimum Gasteiger partial charge on any atom is -0.496 e. The summed E-state index contributed by atoms with van der Waals surface area (Å²) in [7, 11) is 1.65. The molecule has 33 heavy (non-hydrogen) atoms. The van der Waals surface area contributed by atoms with Crippen molar-refractivity contribution in [1.29, 1.82) is 0 Å². The van der Waals surface area contributed by atoms with Crippen LogP contribution in [-0.4, -0.2) is 29.3 Å². The van der Waals surface area contributed by atoms with E-state index in [4.69, 9.17) is 17.0 Å². The third-order valence-electron chi connectivity index (χ3n) is 4.98. The molecule has 0 saturated carbocycles. The number of carbonyl (C=O) groups is 1. The van der Waals surface area contributed by atoms with E-state index in [1.165, 1.54) is 16.9 Å². The number of methoxy groups -OCH3 is 1. The third-order valence-corrected chi connectivity index (χ3v) is 7.42. The minimum absolute atomic E-state index is 0.113. The minimum atomic E-state index is -0.113. The number of thioether (sulfide) groups is 1. The number of rotatable bonds is 9. The number of aromatic nitrogens is 2. The number of carbonyl (C=O) groups excluding carboxylic acids is 1. The summed E-state index contributed by atoms with van der Waals surface area (Å²) in [6, 6.07) is 25.4. The van der Waals surface area contributed by atoms with Gasteiger partial charge in [-0.05, 0) is 60.1 Å². The molecule has 168 valence electrons. The van der Waals surface area contributed by atoms with Crippen LogP contribution in [0.3, 0.4) is 0 Å². The molecule has 1 amide bonds. The summed E-state index contributed by atoms with van der Waals surface area (Å²) in [4.78, 5) is 12.5. The second-order valence-electron chi connectivity index (χ2n) is 7.18. The van der Waals surface area contributed by atoms with Gasteiger partial charge < -0.3 is 10.1 Å². The Kier molecular flexibility index (Phi) is 7.93. The van der Waals surface area contributed by atoms with Crippen LogP contribution in [-0.2, 0) is 12.2 Å². The van der Waals surface area contributed by atoms with Crippen molar-refractivity contribution in [3.63, 3.8) is 0 Å². The van der Waals surface area contributed by atoms with Crippen LogP contribution < -0.4 is 10.1 Å². The maximum Gasteiger partial charge on any atom is 0.251 e. The van der Waals surface area contributed by atoms with E-state index in [1.807, 2.05) is 54.6 Å². The maximum absolute atomic E-state index is 12.5. The van der Waals surface area contributed by atoms with Crippen LogP contribution in [0.2, 0.25) is 0 Å². The fourth-order valence-electron chi connectivity index (χ4n) is 3.28. The molecule has 1 heterocycles. The Morgan fingerprint density at radius 2 is 1.79 bits per heavy atom. The van der Waals surface area contributed by atoms with Gasteiger partial charge in [0.15, 0.2) is 8.29 Å². The zero-order valence-electron chi connectivity index (χ0n) is 18.1. The van der Waals surface area contributed by atoms with E-state index in [1.54, 1.807) is 35.7 Å². The molecule has 5 nitrogen and oxygen atoms in total. The standard InChI is InChI=1S/C25H23N3O2S3/c1-30-22-10-6-5-9-19(22)15-16-26-23(29)20-11-13-21(14-12-20)28-25(31)33-24(27-28)32-17-18-7-3-2-4-8-18/h2-14H,15-17H2,1H3,(H,26,29). The van der Waals surface area contributed by atoms with Crippen molar-refractivity contribution in [1.82, 2.24) is 15.1 Å². The smallest absolute Gasteiger partial charge is 0.251 e. The van der Waals surface area contributed by atoms with Gasteiger partial charge >= 0.3 is 0 Å². The number of benzene rings is 3. The molecule has 0 atom stereocenters. The molecule has 1 aromatic heterocycles. The zero-order chi connectivity index (χ0) is 23.0. The van der Waals surface area contributed by atoms with Gasteiger partial charge in [0.25, 0.3) is 5.91 Å². The predicted molar refractivity (Wildman–Crippen MR) is 137 cm³/mol. The lowest BCUT2D eigenvalue weighted by Gasteiger charge is -2.09. The summed E-state index contributed by atoms with van der Waals surface area (Å²) < 4.78 is 8.71. The molecule has 4 rings (SSSR count). The first-order chi connectivity index (χ1) is 16.1. The van der Waals surface area contributed by atoms with Crippen LogP contribution in [0.5, 0.6) is 5.75 Å². The zero-order valence-corrected chi connectivity index (χ0v) is 20.5. The Morgan fingerprint density at radius 3 is 2.55 bits per heavy atom. The lowest BCUT2D eigenvalue weighted by atomic mass is 10.1. The van der Waals surface area contributed by atoms with Crippen LogP contribution in [0.4, 0.5) is 0 Å². The van der Waals surface area contributed by atoms with E-state index in [9.17, 15) is 4.79 Å². The molecule has 0 fully saturated rings. The Labute approximate surface area is 206 Å². The van der Waals surface area contributed by atoms with Gasteiger partial charge in [-0.2, -0.15) is 0 Å². The lowest BCUT2D eigenvalue weighted by Crippen LogP contribution is -2.25. The average Bonchev–Trinajstić information content (AvgIpc) is 3.24. The monoisotopic (exact) mass is 493 g/mol. The second-order valence-corrected chi connectivity index (χ2v) is 10.0. The summed E-state index contributed by atoms with van der Waals surface area (Å²) in [6.45, 7) is 0.528. The molecule has 4 aromatic rings. The highest BCUT2D eigenvalue weighted by molar-refractivity contribution is 8.00. The average molecular weight is 494 g/mol. The van der Waals surface area contributed by atoms with Gasteiger partial charge in [-0.1, -0.05) is 71.6 Å². The Morgan fingerprint density at radius 1 is 1.06 bits per heavy atom. The van der Waals surface area contributed by atoms with Gasteiger partial charge in [-0.25, -0.2) is 4.68 Å². The highest BCUT2D eigenvalue weighted by atomic mass is 32.2. The predicted octanol–water partition coefficient (Wildman–Crippen LogP) is 5.94. The van der Waals surface area contributed by atoms with Crippen molar-refractivity contribution in [3.8, 4) is 11.4 Å². The number of ether oxygens (including phenoxy) is 1. The third kappa shape index (κ3) is 6.10. The van der Waals surface area contributed by atoms with Crippen molar-refractivity contribution in [2.45, 2.75) is 16.5 Å². The summed E-state index contributed by atoms with van der Waals surface area (Å²) in [6.07, 6.45) is 0.700. The van der Waals surface area contributed by atoms with Crippen LogP contribution in [0.15, 0.2) is 83.2 Å². The number of amides is 1. The molecule has 1 N–H and O–H groups in total. The molecule has 8 heteroatoms. The Hall–Kier alpha value is -2.94. The molecule has 0 aliphatic heterocycles. The Balaban J connectivity index is 1.35. The molecular formula is C25H23N3O2S3. The molecule has 0 radical (unpaired) electrons. The van der Waals surface area contributed by atoms with Gasteiger partial charge in [-0.3, -0.25) is 4.79 Å². The van der Waals surface area contributed by atoms with Crippen molar-refractivity contribution in [2.24, 2.45) is 0 Å². The summed E-state index contributed by atoms with van der Waals surface area (Å²) >= 11 is 8.67. The highest BCUT2D eigenvalue weighted by Gasteiger charge is 2.10. The van der Waals surface area contributed by atoms with Crippen molar-refractivity contribution < 1.29 is 9.53 Å². The molecule has 0 aliphatic rings. The number of hydrogen-bond acceptors (Lipinski definition) is 6. The van der Waals surface area contributed by atoms with E-state index < -0.39 is 0 Å². The number of nitrogens with zero attached hydrogens (tertiary/aromatic N) is 2. The summed E-state index contributed by atoms with van der Waals surface area (Å²) in [5, 5.41) is 7.62. The van der Waals surface area contributed by atoms with Crippen LogP contribution in [0, 0.1) is 3.95 Å². The first-order valence-corrected chi connectivity index (χ1v) is 12.6. The first-order valence-electron chi connectivity index (χ1n) is 10.4. The van der Waals surface area contributed by atoms with E-state index in [-0.39, 0.29) is 5.91 Å². The second kappa shape index (κ2) is 11.3. The lowest BCUT2D eigenvalue weighted by molar-refractivity contribution is 0.0954. The van der Waals surface area contributed by atoms with Gasteiger partial charge in [0.2, 0.25) is 0 Å². The SMILES string of the molecule is COc1ccccc1CCNC(=O)c1ccc(-n2nc(SCc3ccccc3)sc2=S)cc1. The number of hydrogen-bond donors (Lipinski definition) is 1. The van der Waals surface area contributed by atoms with E-state index >= 15 is 0 Å². The summed E-state index contributed by atoms with van der Waals surface area (Å²) in [5.74, 6) is 1.56. The molecule has 3 aromatic carbocycles. The van der Waals surface area contributed by atoms with Crippen LogP contribution in [0.1, 0.15) is 21.5 Å². The largest absolute Gasteiger partial charge is 0.496 e. The van der Waals surface area contributed by atoms with Gasteiger partial charge in [0, 0.05) is 17.9 Å². The fraction of sp³-hybridized carbons (Fsp3) is 0.160. The molecule has 0 saturated heterocycles. The molecule has 0 unspecified atom stereocenters. The summed E-state index contributed by atoms with van der Waals surface area (Å²) in [5.41, 5.74) is 3.75. The Bertz CT molecular complexity index is 1270. The number of para-hydroxylation sites is 1. The number of nitrogens with one attached hydrogen (secondary N) is 1. The topological polar surface area (TPSA) is 56.1 Å². The van der Waals surface area contributed by atoms with Crippen molar-refractivity contribution in [3.05, 3.63) is 99.5 Å². The van der Waals surface area contributed by atoms with Crippen LogP contribution >= 0.6 is 35.3 Å². The molecule has 0 bridgehead atoms. The molecule has 0 spiro atoms. The van der Waals surface area contributed by atoms with E-state index in [0.29, 0.717) is 22.5 Å². The molecular weight excluding hydrogens is 470 g/mol. The van der Waals surface area contributed by atoms with Gasteiger partial charge in [0.1, 0.15) is 5.75 Å². The van der Waals surface area contributed by atoms with Gasteiger partial charge in [0.05, 0.1) is 12.8 Å². The van der Waals surface area contributed by atoms with Crippen molar-refractivity contribution >= 4 is 41.2 Å². The highest BCUT2D eigenvalue weighted by Crippen LogP contribution is 2.27. The first kappa shape index (κ1) is 23.2. The quantitative estimate of drug-likeness (QED) is 0.231. The van der Waals surface area contributed by atoms with Crippen molar-refractivity contribution in [2.75, 3.05) is 13.7 Å². The normalized spacial score (nSPS) is 10.7. The van der Waals surface area contributed by atoms with Gasteiger partial charge in [-0.15, -0.1) is 5.10 Å². The fourth-order valence-corrected chi connectivity index (χ4v) is 5.59. The van der Waals surface area contributed by atoms with E-state index in [2.05, 4.69) is 22.5 Å². The molecule has 0 aliphatic carbocycles. The van der Waals surface area contributed by atoms with E-state index in [0.717, 1.165) is 27.1 Å². The van der Waals surface area contributed by atoms with Crippen LogP contribution in [0.25, 0.3) is 5.69 Å². The maximum atomic E-state index is 12.5.